The molecule has 0 radical (unpaired) electrons. The van der Waals surface area contributed by atoms with Crippen LogP contribution in [0.4, 0.5) is 0 Å². The van der Waals surface area contributed by atoms with Gasteiger partial charge >= 0.3 is 0 Å². The minimum atomic E-state index is 0.148. The predicted molar refractivity (Wildman–Crippen MR) is 70.4 cm³/mol. The van der Waals surface area contributed by atoms with Crippen LogP contribution in [0.25, 0.3) is 0 Å². The number of ether oxygens (including phenoxy) is 1. The van der Waals surface area contributed by atoms with Gasteiger partial charge in [-0.05, 0) is 5.92 Å². The molecule has 0 saturated carbocycles. The summed E-state index contributed by atoms with van der Waals surface area (Å²) in [6.07, 6.45) is 0.148. The average Bonchev–Trinajstić information content (AvgIpc) is 2.23. The van der Waals surface area contributed by atoms with Gasteiger partial charge < -0.3 is 15.4 Å². The smallest absolute Gasteiger partial charge is 0.225 e. The summed E-state index contributed by atoms with van der Waals surface area (Å²) in [5.41, 5.74) is 0. The van der Waals surface area contributed by atoms with Gasteiger partial charge in [0, 0.05) is 39.3 Å². The fraction of sp³-hybridized carbons (Fsp3) is 0.923. The first-order valence-electron chi connectivity index (χ1n) is 6.97. The lowest BCUT2D eigenvalue weighted by atomic mass is 10.0. The van der Waals surface area contributed by atoms with E-state index in [1.807, 2.05) is 0 Å². The standard InChI is InChI=1S/C13H25N3O2/c1-10(2)8-16-3-4-18-12(9-16)7-15-13(17)11-5-14-6-11/h10-12,14H,3-9H2,1-2H3,(H,15,17). The molecule has 1 atom stereocenters. The number of amides is 1. The molecule has 2 aliphatic rings. The SMILES string of the molecule is CC(C)CN1CCOC(CNC(=O)C2CNC2)C1. The van der Waals surface area contributed by atoms with Crippen LogP contribution < -0.4 is 10.6 Å². The van der Waals surface area contributed by atoms with Crippen LogP contribution in [0.3, 0.4) is 0 Å². The van der Waals surface area contributed by atoms with E-state index in [2.05, 4.69) is 29.4 Å². The third-order valence-electron chi connectivity index (χ3n) is 3.50. The number of hydrogen-bond donors (Lipinski definition) is 2. The molecule has 0 spiro atoms. The first-order chi connectivity index (χ1) is 8.65. The van der Waals surface area contributed by atoms with Crippen molar-refractivity contribution in [1.29, 1.82) is 0 Å². The van der Waals surface area contributed by atoms with E-state index in [1.165, 1.54) is 0 Å². The second-order valence-electron chi connectivity index (χ2n) is 5.75. The fourth-order valence-corrected chi connectivity index (χ4v) is 2.42. The molecule has 2 heterocycles. The van der Waals surface area contributed by atoms with Crippen molar-refractivity contribution in [1.82, 2.24) is 15.5 Å². The maximum Gasteiger partial charge on any atom is 0.225 e. The minimum Gasteiger partial charge on any atom is -0.374 e. The van der Waals surface area contributed by atoms with Gasteiger partial charge in [-0.1, -0.05) is 13.8 Å². The van der Waals surface area contributed by atoms with Crippen LogP contribution in [0.1, 0.15) is 13.8 Å². The van der Waals surface area contributed by atoms with Crippen molar-refractivity contribution in [2.45, 2.75) is 20.0 Å². The van der Waals surface area contributed by atoms with Crippen LogP contribution in [0, 0.1) is 11.8 Å². The van der Waals surface area contributed by atoms with Gasteiger partial charge in [0.05, 0.1) is 18.6 Å². The van der Waals surface area contributed by atoms with Crippen LogP contribution in [0.5, 0.6) is 0 Å². The summed E-state index contributed by atoms with van der Waals surface area (Å²) in [6, 6.07) is 0. The molecule has 2 N–H and O–H groups in total. The summed E-state index contributed by atoms with van der Waals surface area (Å²) in [7, 11) is 0. The molecule has 1 amide bonds. The Balaban J connectivity index is 1.67. The van der Waals surface area contributed by atoms with Crippen molar-refractivity contribution in [2.75, 3.05) is 45.9 Å². The molecule has 2 aliphatic heterocycles. The number of nitrogens with zero attached hydrogens (tertiary/aromatic N) is 1. The molecule has 1 unspecified atom stereocenters. The number of morpholine rings is 1. The Bertz CT molecular complexity index is 279. The van der Waals surface area contributed by atoms with Crippen LogP contribution >= 0.6 is 0 Å². The van der Waals surface area contributed by atoms with Crippen molar-refractivity contribution in [3.63, 3.8) is 0 Å². The van der Waals surface area contributed by atoms with Crippen molar-refractivity contribution in [3.8, 4) is 0 Å². The van der Waals surface area contributed by atoms with Gasteiger partial charge in [-0.15, -0.1) is 0 Å². The lowest BCUT2D eigenvalue weighted by Crippen LogP contribution is -2.53. The van der Waals surface area contributed by atoms with E-state index >= 15 is 0 Å². The second kappa shape index (κ2) is 6.50. The number of hydrogen-bond acceptors (Lipinski definition) is 4. The summed E-state index contributed by atoms with van der Waals surface area (Å²) < 4.78 is 5.70. The molecular weight excluding hydrogens is 230 g/mol. The first-order valence-corrected chi connectivity index (χ1v) is 6.97. The maximum absolute atomic E-state index is 11.7. The Morgan fingerprint density at radius 1 is 1.50 bits per heavy atom. The molecule has 2 rings (SSSR count). The summed E-state index contributed by atoms with van der Waals surface area (Å²) in [4.78, 5) is 14.1. The van der Waals surface area contributed by atoms with E-state index in [9.17, 15) is 4.79 Å². The third kappa shape index (κ3) is 3.93. The van der Waals surface area contributed by atoms with E-state index in [-0.39, 0.29) is 17.9 Å². The highest BCUT2D eigenvalue weighted by atomic mass is 16.5. The normalized spacial score (nSPS) is 26.1. The molecule has 0 aromatic carbocycles. The van der Waals surface area contributed by atoms with Gasteiger partial charge in [-0.3, -0.25) is 9.69 Å². The molecule has 0 aromatic heterocycles. The third-order valence-corrected chi connectivity index (χ3v) is 3.50. The van der Waals surface area contributed by atoms with Gasteiger partial charge in [-0.25, -0.2) is 0 Å². The monoisotopic (exact) mass is 255 g/mol. The predicted octanol–water partition coefficient (Wildman–Crippen LogP) is -0.321. The zero-order valence-electron chi connectivity index (χ0n) is 11.4. The Hall–Kier alpha value is -0.650. The first kappa shape index (κ1) is 13.8. The van der Waals surface area contributed by atoms with Gasteiger partial charge in [-0.2, -0.15) is 0 Å². The summed E-state index contributed by atoms with van der Waals surface area (Å²) in [5.74, 6) is 1.01. The largest absolute Gasteiger partial charge is 0.374 e. The van der Waals surface area contributed by atoms with Crippen LogP contribution in [-0.2, 0) is 9.53 Å². The Kier molecular flexibility index (Phi) is 4.97. The van der Waals surface area contributed by atoms with E-state index in [0.29, 0.717) is 12.5 Å². The van der Waals surface area contributed by atoms with Gasteiger partial charge in [0.25, 0.3) is 0 Å². The highest BCUT2D eigenvalue weighted by Crippen LogP contribution is 2.08. The van der Waals surface area contributed by atoms with Gasteiger partial charge in [0.15, 0.2) is 0 Å². The highest BCUT2D eigenvalue weighted by molar-refractivity contribution is 5.80. The summed E-state index contributed by atoms with van der Waals surface area (Å²) >= 11 is 0. The topological polar surface area (TPSA) is 53.6 Å². The van der Waals surface area contributed by atoms with Gasteiger partial charge in [0.2, 0.25) is 5.91 Å². The molecule has 104 valence electrons. The van der Waals surface area contributed by atoms with E-state index in [0.717, 1.165) is 39.3 Å². The maximum atomic E-state index is 11.7. The molecule has 0 bridgehead atoms. The Labute approximate surface area is 109 Å². The molecule has 2 saturated heterocycles. The molecular formula is C13H25N3O2. The van der Waals surface area contributed by atoms with Crippen LogP contribution in [0.15, 0.2) is 0 Å². The Morgan fingerprint density at radius 2 is 2.28 bits per heavy atom. The zero-order chi connectivity index (χ0) is 13.0. The molecule has 2 fully saturated rings. The number of rotatable bonds is 5. The summed E-state index contributed by atoms with van der Waals surface area (Å²) in [6.45, 7) is 10.6. The molecule has 0 aliphatic carbocycles. The average molecular weight is 255 g/mol. The van der Waals surface area contributed by atoms with E-state index < -0.39 is 0 Å². The van der Waals surface area contributed by atoms with E-state index in [4.69, 9.17) is 4.74 Å². The minimum absolute atomic E-state index is 0.148. The quantitative estimate of drug-likeness (QED) is 0.707. The zero-order valence-corrected chi connectivity index (χ0v) is 11.4. The lowest BCUT2D eigenvalue weighted by Gasteiger charge is -2.34. The Morgan fingerprint density at radius 3 is 2.89 bits per heavy atom. The molecule has 0 aromatic rings. The van der Waals surface area contributed by atoms with Gasteiger partial charge in [0.1, 0.15) is 0 Å². The number of carbonyl (C=O) groups excluding carboxylic acids is 1. The van der Waals surface area contributed by atoms with Crippen LogP contribution in [0.2, 0.25) is 0 Å². The second-order valence-corrected chi connectivity index (χ2v) is 5.75. The molecule has 5 nitrogen and oxygen atoms in total. The molecule has 5 heteroatoms. The molecule has 18 heavy (non-hydrogen) atoms. The van der Waals surface area contributed by atoms with Crippen molar-refractivity contribution in [3.05, 3.63) is 0 Å². The lowest BCUT2D eigenvalue weighted by molar-refractivity contribution is -0.127. The van der Waals surface area contributed by atoms with E-state index in [1.54, 1.807) is 0 Å². The number of nitrogens with one attached hydrogen (secondary N) is 2. The van der Waals surface area contributed by atoms with Crippen LogP contribution in [-0.4, -0.2) is 62.8 Å². The fourth-order valence-electron chi connectivity index (χ4n) is 2.42. The van der Waals surface area contributed by atoms with Crippen molar-refractivity contribution < 1.29 is 9.53 Å². The van der Waals surface area contributed by atoms with Crippen molar-refractivity contribution in [2.24, 2.45) is 11.8 Å². The highest BCUT2D eigenvalue weighted by Gasteiger charge is 2.26. The number of carbonyl (C=O) groups is 1. The summed E-state index contributed by atoms with van der Waals surface area (Å²) in [5, 5.41) is 6.11. The van der Waals surface area contributed by atoms with Crippen molar-refractivity contribution >= 4 is 5.91 Å².